The van der Waals surface area contributed by atoms with Crippen LogP contribution in [0.5, 0.6) is 0 Å². The number of carbonyl (C=O) groups excluding carboxylic acids is 2. The zero-order valence-electron chi connectivity index (χ0n) is 25.1. The average molecular weight is 674 g/mol. The third-order valence-electron chi connectivity index (χ3n) is 9.13. The molecule has 0 unspecified atom stereocenters. The second-order valence-corrected chi connectivity index (χ2v) is 14.9. The standard InChI is InChI=1S/C33H35Cl2FN4O4S/c1-19-30(37-20(2)31(19)33(42)40-12-4-5-22(40)17-39-13-10-21(36)11-14-39)16-25-24-15-23(8-9-29(24)38-32(25)41)45(43,44)18-26-27(34)6-3-7-28(26)35/h3,6-9,15-16,21-22,37H,4-5,10-14,17-18H2,1-2H3,(H,38,41)/t22-/m0/s1. The number of sulfone groups is 1. The van der Waals surface area contributed by atoms with Gasteiger partial charge in [0.1, 0.15) is 6.17 Å². The first-order valence-corrected chi connectivity index (χ1v) is 17.5. The molecule has 238 valence electrons. The van der Waals surface area contributed by atoms with Crippen molar-refractivity contribution in [3.63, 3.8) is 0 Å². The monoisotopic (exact) mass is 672 g/mol. The number of fused-ring (bicyclic) bond motifs is 1. The Morgan fingerprint density at radius 2 is 1.78 bits per heavy atom. The maximum atomic E-state index is 13.9. The van der Waals surface area contributed by atoms with E-state index in [9.17, 15) is 22.4 Å². The summed E-state index contributed by atoms with van der Waals surface area (Å²) in [6, 6.07) is 9.40. The first kappa shape index (κ1) is 31.8. The van der Waals surface area contributed by atoms with Crippen molar-refractivity contribution >= 4 is 62.2 Å². The number of aryl methyl sites for hydroxylation is 1. The first-order valence-electron chi connectivity index (χ1n) is 15.1. The van der Waals surface area contributed by atoms with Crippen LogP contribution in [0.15, 0.2) is 41.3 Å². The van der Waals surface area contributed by atoms with Crippen molar-refractivity contribution in [2.45, 2.75) is 62.4 Å². The molecule has 0 spiro atoms. The van der Waals surface area contributed by atoms with Crippen molar-refractivity contribution in [3.8, 4) is 0 Å². The number of aromatic amines is 1. The highest BCUT2D eigenvalue weighted by Gasteiger charge is 2.34. The molecule has 1 atom stereocenters. The fourth-order valence-corrected chi connectivity index (χ4v) is 8.77. The Labute approximate surface area is 272 Å². The molecule has 3 aliphatic heterocycles. The minimum Gasteiger partial charge on any atom is -0.358 e. The maximum Gasteiger partial charge on any atom is 0.256 e. The van der Waals surface area contributed by atoms with E-state index in [2.05, 4.69) is 15.2 Å². The summed E-state index contributed by atoms with van der Waals surface area (Å²) in [6.45, 7) is 6.51. The molecule has 1 aromatic heterocycles. The van der Waals surface area contributed by atoms with E-state index in [1.54, 1.807) is 30.3 Å². The zero-order chi connectivity index (χ0) is 32.0. The maximum absolute atomic E-state index is 13.9. The Hall–Kier alpha value is -3.18. The van der Waals surface area contributed by atoms with Crippen molar-refractivity contribution in [2.24, 2.45) is 0 Å². The molecule has 0 aliphatic carbocycles. The molecule has 0 saturated carbocycles. The Bertz CT molecular complexity index is 1790. The SMILES string of the molecule is Cc1[nH]c(C=C2C(=O)Nc3ccc(S(=O)(=O)Cc4c(Cl)cccc4Cl)cc32)c(C)c1C(=O)N1CCC[C@H]1CN1CCC(F)CC1. The number of rotatable bonds is 7. The number of hydrogen-bond donors (Lipinski definition) is 2. The van der Waals surface area contributed by atoms with Crippen LogP contribution in [0.3, 0.4) is 0 Å². The fraction of sp³-hybridized carbons (Fsp3) is 0.394. The van der Waals surface area contributed by atoms with Crippen LogP contribution in [0.1, 0.15) is 64.1 Å². The summed E-state index contributed by atoms with van der Waals surface area (Å²) in [5.41, 5.74) is 4.13. The van der Waals surface area contributed by atoms with Gasteiger partial charge in [-0.15, -0.1) is 0 Å². The Morgan fingerprint density at radius 1 is 1.07 bits per heavy atom. The number of benzene rings is 2. The summed E-state index contributed by atoms with van der Waals surface area (Å²) in [4.78, 5) is 34.5. The molecule has 2 fully saturated rings. The number of nitrogens with one attached hydrogen (secondary N) is 2. The zero-order valence-corrected chi connectivity index (χ0v) is 27.5. The summed E-state index contributed by atoms with van der Waals surface area (Å²) in [6.07, 6.45) is 3.83. The number of carbonyl (C=O) groups is 2. The van der Waals surface area contributed by atoms with Crippen LogP contribution in [-0.2, 0) is 20.4 Å². The lowest BCUT2D eigenvalue weighted by Gasteiger charge is -2.34. The largest absolute Gasteiger partial charge is 0.358 e. The average Bonchev–Trinajstić information content (AvgIpc) is 3.67. The fourth-order valence-electron chi connectivity index (χ4n) is 6.65. The van der Waals surface area contributed by atoms with Crippen LogP contribution in [-0.4, -0.2) is 73.4 Å². The molecule has 6 rings (SSSR count). The molecule has 0 radical (unpaired) electrons. The lowest BCUT2D eigenvalue weighted by molar-refractivity contribution is -0.110. The van der Waals surface area contributed by atoms with Gasteiger partial charge in [0.15, 0.2) is 9.84 Å². The number of alkyl halides is 1. The molecule has 2 amide bonds. The summed E-state index contributed by atoms with van der Waals surface area (Å²) in [5, 5.41) is 3.33. The van der Waals surface area contributed by atoms with E-state index in [4.69, 9.17) is 23.2 Å². The second kappa shape index (κ2) is 12.5. The molecule has 4 heterocycles. The van der Waals surface area contributed by atoms with Gasteiger partial charge in [0, 0.05) is 70.5 Å². The van der Waals surface area contributed by atoms with Gasteiger partial charge < -0.3 is 20.1 Å². The van der Waals surface area contributed by atoms with E-state index in [0.717, 1.165) is 19.4 Å². The van der Waals surface area contributed by atoms with Gasteiger partial charge in [-0.25, -0.2) is 12.8 Å². The normalized spacial score (nSPS) is 20.2. The van der Waals surface area contributed by atoms with Crippen LogP contribution in [0.25, 0.3) is 11.6 Å². The Kier molecular flexibility index (Phi) is 8.86. The molecule has 2 saturated heterocycles. The Morgan fingerprint density at radius 3 is 2.49 bits per heavy atom. The number of amides is 2. The van der Waals surface area contributed by atoms with Crippen molar-refractivity contribution in [1.82, 2.24) is 14.8 Å². The van der Waals surface area contributed by atoms with E-state index in [-0.39, 0.29) is 38.4 Å². The van der Waals surface area contributed by atoms with E-state index in [0.29, 0.717) is 71.8 Å². The lowest BCUT2D eigenvalue weighted by atomic mass is 10.0. The molecule has 45 heavy (non-hydrogen) atoms. The van der Waals surface area contributed by atoms with Gasteiger partial charge in [-0.05, 0) is 81.5 Å². The number of nitrogens with zero attached hydrogens (tertiary/aromatic N) is 2. The molecule has 8 nitrogen and oxygen atoms in total. The van der Waals surface area contributed by atoms with Gasteiger partial charge in [0.05, 0.1) is 21.8 Å². The van der Waals surface area contributed by atoms with Crippen LogP contribution in [0.2, 0.25) is 10.0 Å². The highest BCUT2D eigenvalue weighted by molar-refractivity contribution is 7.90. The summed E-state index contributed by atoms with van der Waals surface area (Å²) < 4.78 is 40.5. The molecule has 2 aromatic carbocycles. The highest BCUT2D eigenvalue weighted by atomic mass is 35.5. The topological polar surface area (TPSA) is 103 Å². The molecule has 3 aromatic rings. The number of H-pyrrole nitrogens is 1. The third kappa shape index (κ3) is 6.30. The smallest absolute Gasteiger partial charge is 0.256 e. The first-order chi connectivity index (χ1) is 21.4. The van der Waals surface area contributed by atoms with E-state index >= 15 is 0 Å². The Balaban J connectivity index is 1.27. The number of hydrogen-bond acceptors (Lipinski definition) is 5. The van der Waals surface area contributed by atoms with E-state index < -0.39 is 21.8 Å². The minimum atomic E-state index is -3.86. The van der Waals surface area contributed by atoms with Gasteiger partial charge in [-0.3, -0.25) is 9.59 Å². The van der Waals surface area contributed by atoms with Crippen LogP contribution < -0.4 is 5.32 Å². The summed E-state index contributed by atoms with van der Waals surface area (Å²) in [5.74, 6) is -0.821. The van der Waals surface area contributed by atoms with Crippen molar-refractivity contribution in [1.29, 1.82) is 0 Å². The van der Waals surface area contributed by atoms with Gasteiger partial charge in [-0.1, -0.05) is 29.3 Å². The summed E-state index contributed by atoms with van der Waals surface area (Å²) >= 11 is 12.5. The number of halogens is 3. The molecular weight excluding hydrogens is 638 g/mol. The second-order valence-electron chi connectivity index (χ2n) is 12.1. The predicted octanol–water partition coefficient (Wildman–Crippen LogP) is 6.44. The molecule has 3 aliphatic rings. The molecule has 2 N–H and O–H groups in total. The quantitative estimate of drug-likeness (QED) is 0.281. The number of piperidine rings is 1. The number of anilines is 1. The van der Waals surface area contributed by atoms with Crippen LogP contribution in [0, 0.1) is 13.8 Å². The van der Waals surface area contributed by atoms with Crippen molar-refractivity contribution < 1.29 is 22.4 Å². The highest BCUT2D eigenvalue weighted by Crippen LogP contribution is 2.37. The van der Waals surface area contributed by atoms with Crippen LogP contribution >= 0.6 is 23.2 Å². The predicted molar refractivity (Wildman–Crippen MR) is 175 cm³/mol. The van der Waals surface area contributed by atoms with Gasteiger partial charge in [0.25, 0.3) is 11.8 Å². The molecule has 12 heteroatoms. The molecular formula is C33H35Cl2FN4O4S. The minimum absolute atomic E-state index is 0.0331. The van der Waals surface area contributed by atoms with Gasteiger partial charge in [-0.2, -0.15) is 0 Å². The van der Waals surface area contributed by atoms with Crippen LogP contribution in [0.4, 0.5) is 10.1 Å². The van der Waals surface area contributed by atoms with Crippen molar-refractivity contribution in [2.75, 3.05) is 31.5 Å². The number of likely N-dealkylation sites (tertiary alicyclic amines) is 2. The van der Waals surface area contributed by atoms with Gasteiger partial charge >= 0.3 is 0 Å². The third-order valence-corrected chi connectivity index (χ3v) is 11.5. The number of aromatic nitrogens is 1. The summed E-state index contributed by atoms with van der Waals surface area (Å²) in [7, 11) is -3.86. The molecule has 0 bridgehead atoms. The van der Waals surface area contributed by atoms with E-state index in [1.165, 1.54) is 12.1 Å². The van der Waals surface area contributed by atoms with E-state index in [1.807, 2.05) is 18.7 Å². The van der Waals surface area contributed by atoms with Gasteiger partial charge in [0.2, 0.25) is 0 Å². The van der Waals surface area contributed by atoms with Crippen molar-refractivity contribution in [3.05, 3.63) is 80.1 Å². The lowest BCUT2D eigenvalue weighted by Crippen LogP contribution is -2.46.